The molecule has 0 bridgehead atoms. The minimum absolute atomic E-state index is 0.0692. The fourth-order valence-corrected chi connectivity index (χ4v) is 4.27. The van der Waals surface area contributed by atoms with Crippen molar-refractivity contribution in [2.45, 2.75) is 31.5 Å². The van der Waals surface area contributed by atoms with Crippen molar-refractivity contribution in [1.29, 1.82) is 0 Å². The number of ether oxygens (including phenoxy) is 1. The zero-order chi connectivity index (χ0) is 15.7. The number of rotatable bonds is 6. The molecule has 1 heterocycles. The third-order valence-corrected chi connectivity index (χ3v) is 5.56. The van der Waals surface area contributed by atoms with Crippen molar-refractivity contribution in [3.8, 4) is 17.1 Å². The van der Waals surface area contributed by atoms with E-state index in [-0.39, 0.29) is 16.8 Å². The second-order valence-corrected chi connectivity index (χ2v) is 7.44. The lowest BCUT2D eigenvalue weighted by Crippen LogP contribution is -2.15. The van der Waals surface area contributed by atoms with E-state index in [1.165, 1.54) is 0 Å². The topological polar surface area (TPSA) is 74.1 Å². The molecule has 22 heavy (non-hydrogen) atoms. The molecule has 0 spiro atoms. The molecule has 0 unspecified atom stereocenters. The summed E-state index contributed by atoms with van der Waals surface area (Å²) >= 11 is 0. The van der Waals surface area contributed by atoms with Gasteiger partial charge in [-0.3, -0.25) is 4.57 Å². The molecule has 0 amide bonds. The molecule has 1 fully saturated rings. The average Bonchev–Trinajstić information content (AvgIpc) is 3.19. The number of nitrogens with zero attached hydrogens (tertiary/aromatic N) is 3. The molecular formula is C15H19N3O3S. The highest BCUT2D eigenvalue weighted by atomic mass is 32.2. The molecule has 6 nitrogen and oxygen atoms in total. The van der Waals surface area contributed by atoms with E-state index in [1.54, 1.807) is 11.7 Å². The van der Waals surface area contributed by atoms with Crippen molar-refractivity contribution < 1.29 is 13.2 Å². The Kier molecular flexibility index (Phi) is 3.90. The highest BCUT2D eigenvalue weighted by Crippen LogP contribution is 2.32. The van der Waals surface area contributed by atoms with Crippen LogP contribution in [0, 0.1) is 5.92 Å². The lowest BCUT2D eigenvalue weighted by atomic mass is 10.2. The first-order valence-corrected chi connectivity index (χ1v) is 9.00. The molecule has 1 aromatic heterocycles. The van der Waals surface area contributed by atoms with Crippen molar-refractivity contribution in [2.24, 2.45) is 5.92 Å². The van der Waals surface area contributed by atoms with Gasteiger partial charge in [0.1, 0.15) is 5.75 Å². The van der Waals surface area contributed by atoms with Gasteiger partial charge in [0.05, 0.1) is 12.9 Å². The Hall–Kier alpha value is -1.89. The molecule has 0 atom stereocenters. The summed E-state index contributed by atoms with van der Waals surface area (Å²) in [7, 11) is -1.79. The quantitative estimate of drug-likeness (QED) is 0.815. The standard InChI is InChI=1S/C15H19N3O3S/c1-3-18-14(12-5-4-6-13(9-12)21-2)16-17-15(18)22(19,20)10-11-7-8-11/h4-6,9,11H,3,7-8,10H2,1-2H3. The smallest absolute Gasteiger partial charge is 0.249 e. The third-order valence-electron chi connectivity index (χ3n) is 3.79. The fourth-order valence-electron chi connectivity index (χ4n) is 2.45. The van der Waals surface area contributed by atoms with Crippen molar-refractivity contribution in [2.75, 3.05) is 12.9 Å². The van der Waals surface area contributed by atoms with E-state index in [4.69, 9.17) is 4.74 Å². The second-order valence-electron chi connectivity index (χ2n) is 5.51. The number of hydrogen-bond acceptors (Lipinski definition) is 5. The predicted octanol–water partition coefficient (Wildman–Crippen LogP) is 2.16. The SMILES string of the molecule is CCn1c(-c2cccc(OC)c2)nnc1S(=O)(=O)CC1CC1. The molecule has 1 aromatic carbocycles. The third kappa shape index (κ3) is 2.85. The first-order valence-electron chi connectivity index (χ1n) is 7.35. The molecule has 1 aliphatic rings. The van der Waals surface area contributed by atoms with E-state index in [0.717, 1.165) is 18.4 Å². The van der Waals surface area contributed by atoms with Crippen LogP contribution in [0.2, 0.25) is 0 Å². The van der Waals surface area contributed by atoms with Crippen LogP contribution in [-0.4, -0.2) is 36.0 Å². The number of hydrogen-bond donors (Lipinski definition) is 0. The minimum atomic E-state index is -3.38. The molecular weight excluding hydrogens is 302 g/mol. The Morgan fingerprint density at radius 1 is 1.32 bits per heavy atom. The van der Waals surface area contributed by atoms with E-state index in [9.17, 15) is 8.42 Å². The van der Waals surface area contributed by atoms with Crippen LogP contribution in [0.15, 0.2) is 29.4 Å². The highest BCUT2D eigenvalue weighted by molar-refractivity contribution is 7.91. The van der Waals surface area contributed by atoms with Gasteiger partial charge in [-0.15, -0.1) is 10.2 Å². The molecule has 0 N–H and O–H groups in total. The maximum absolute atomic E-state index is 12.5. The normalized spacial score (nSPS) is 15.0. The van der Waals surface area contributed by atoms with Crippen LogP contribution in [0.3, 0.4) is 0 Å². The molecule has 2 aromatic rings. The summed E-state index contributed by atoms with van der Waals surface area (Å²) in [5.74, 6) is 1.71. The second kappa shape index (κ2) is 5.72. The molecule has 1 aliphatic carbocycles. The largest absolute Gasteiger partial charge is 0.497 e. The van der Waals surface area contributed by atoms with E-state index >= 15 is 0 Å². The molecule has 1 saturated carbocycles. The van der Waals surface area contributed by atoms with Crippen LogP contribution in [0.5, 0.6) is 5.75 Å². The fraction of sp³-hybridized carbons (Fsp3) is 0.467. The molecule has 0 aliphatic heterocycles. The highest BCUT2D eigenvalue weighted by Gasteiger charge is 2.32. The van der Waals surface area contributed by atoms with Gasteiger partial charge in [0.2, 0.25) is 15.0 Å². The Labute approximate surface area is 130 Å². The summed E-state index contributed by atoms with van der Waals surface area (Å²) in [4.78, 5) is 0. The van der Waals surface area contributed by atoms with E-state index in [0.29, 0.717) is 18.1 Å². The molecule has 118 valence electrons. The minimum Gasteiger partial charge on any atom is -0.497 e. The number of aromatic nitrogens is 3. The first kappa shape index (κ1) is 15.0. The summed E-state index contributed by atoms with van der Waals surface area (Å²) in [5.41, 5.74) is 0.793. The van der Waals surface area contributed by atoms with Crippen LogP contribution in [0.1, 0.15) is 19.8 Å². The number of benzene rings is 1. The molecule has 0 radical (unpaired) electrons. The average molecular weight is 321 g/mol. The van der Waals surface area contributed by atoms with Crippen molar-refractivity contribution >= 4 is 9.84 Å². The Morgan fingerprint density at radius 2 is 2.09 bits per heavy atom. The van der Waals surface area contributed by atoms with Crippen LogP contribution in [0.25, 0.3) is 11.4 Å². The van der Waals surface area contributed by atoms with Crippen LogP contribution in [-0.2, 0) is 16.4 Å². The van der Waals surface area contributed by atoms with Crippen LogP contribution >= 0.6 is 0 Å². The van der Waals surface area contributed by atoms with E-state index in [1.807, 2.05) is 31.2 Å². The molecule has 7 heteroatoms. The Balaban J connectivity index is 2.03. The lowest BCUT2D eigenvalue weighted by molar-refractivity contribution is 0.415. The van der Waals surface area contributed by atoms with Gasteiger partial charge in [0, 0.05) is 12.1 Å². The summed E-state index contributed by atoms with van der Waals surface area (Å²) in [6.07, 6.45) is 1.98. The van der Waals surface area contributed by atoms with Gasteiger partial charge in [-0.1, -0.05) is 12.1 Å². The predicted molar refractivity (Wildman–Crippen MR) is 82.5 cm³/mol. The maximum atomic E-state index is 12.5. The zero-order valence-electron chi connectivity index (χ0n) is 12.7. The van der Waals surface area contributed by atoms with Gasteiger partial charge >= 0.3 is 0 Å². The summed E-state index contributed by atoms with van der Waals surface area (Å²) < 4.78 is 31.8. The number of methoxy groups -OCH3 is 1. The van der Waals surface area contributed by atoms with E-state index < -0.39 is 9.84 Å². The van der Waals surface area contributed by atoms with Gasteiger partial charge in [-0.25, -0.2) is 8.42 Å². The van der Waals surface area contributed by atoms with Crippen molar-refractivity contribution in [3.05, 3.63) is 24.3 Å². The molecule has 0 saturated heterocycles. The Morgan fingerprint density at radius 3 is 2.73 bits per heavy atom. The first-order chi connectivity index (χ1) is 10.5. The van der Waals surface area contributed by atoms with Crippen molar-refractivity contribution in [1.82, 2.24) is 14.8 Å². The lowest BCUT2D eigenvalue weighted by Gasteiger charge is -2.09. The van der Waals surface area contributed by atoms with Gasteiger partial charge < -0.3 is 4.74 Å². The van der Waals surface area contributed by atoms with Crippen LogP contribution in [0.4, 0.5) is 0 Å². The zero-order valence-corrected chi connectivity index (χ0v) is 13.5. The van der Waals surface area contributed by atoms with Gasteiger partial charge in [-0.2, -0.15) is 0 Å². The van der Waals surface area contributed by atoms with Crippen molar-refractivity contribution in [3.63, 3.8) is 0 Å². The summed E-state index contributed by atoms with van der Waals surface area (Å²) in [6.45, 7) is 2.39. The van der Waals surface area contributed by atoms with Gasteiger partial charge in [0.25, 0.3) is 0 Å². The maximum Gasteiger partial charge on any atom is 0.249 e. The summed E-state index contributed by atoms with van der Waals surface area (Å²) in [5, 5.41) is 8.13. The monoisotopic (exact) mass is 321 g/mol. The van der Waals surface area contributed by atoms with E-state index in [2.05, 4.69) is 10.2 Å². The molecule has 3 rings (SSSR count). The van der Waals surface area contributed by atoms with Gasteiger partial charge in [-0.05, 0) is 37.8 Å². The number of sulfone groups is 1. The Bertz CT molecular complexity index is 779. The van der Waals surface area contributed by atoms with Crippen LogP contribution < -0.4 is 4.74 Å². The van der Waals surface area contributed by atoms with Gasteiger partial charge in [0.15, 0.2) is 5.82 Å². The summed E-state index contributed by atoms with van der Waals surface area (Å²) in [6, 6.07) is 7.38.